The van der Waals surface area contributed by atoms with Crippen LogP contribution in [0.4, 0.5) is 0 Å². The van der Waals surface area contributed by atoms with Crippen LogP contribution < -0.4 is 5.73 Å². The van der Waals surface area contributed by atoms with Gasteiger partial charge in [0.2, 0.25) is 0 Å². The lowest BCUT2D eigenvalue weighted by atomic mass is 10.1. The van der Waals surface area contributed by atoms with Crippen LogP contribution in [0, 0.1) is 10.5 Å². The Hall–Kier alpha value is -1.31. The van der Waals surface area contributed by atoms with Crippen LogP contribution in [0.15, 0.2) is 23.4 Å². The Morgan fingerprint density at radius 3 is 2.76 bits per heavy atom. The second-order valence-electron chi connectivity index (χ2n) is 5.40. The molecule has 3 N–H and O–H groups in total. The lowest BCUT2D eigenvalue weighted by molar-refractivity contribution is 0.0711. The van der Waals surface area contributed by atoms with E-state index < -0.39 is 0 Å². The zero-order valence-electron chi connectivity index (χ0n) is 12.1. The SMILES string of the molecule is Cc1cccc(C(=O)N(C/C(N)=N/O)C2CCCC2)c1I. The fraction of sp³-hybridized carbons (Fsp3) is 0.467. The first kappa shape index (κ1) is 16.1. The van der Waals surface area contributed by atoms with E-state index in [0.29, 0.717) is 5.56 Å². The van der Waals surface area contributed by atoms with Gasteiger partial charge < -0.3 is 15.8 Å². The van der Waals surface area contributed by atoms with E-state index >= 15 is 0 Å². The zero-order chi connectivity index (χ0) is 15.4. The second kappa shape index (κ2) is 7.11. The molecular formula is C15H20IN3O2. The molecular weight excluding hydrogens is 381 g/mol. The highest BCUT2D eigenvalue weighted by Crippen LogP contribution is 2.26. The first-order valence-electron chi connectivity index (χ1n) is 7.07. The minimum absolute atomic E-state index is 0.0402. The summed E-state index contributed by atoms with van der Waals surface area (Å²) in [7, 11) is 0. The predicted molar refractivity (Wildman–Crippen MR) is 90.6 cm³/mol. The van der Waals surface area contributed by atoms with Crippen LogP contribution in [0.1, 0.15) is 41.6 Å². The Bertz CT molecular complexity index is 554. The summed E-state index contributed by atoms with van der Waals surface area (Å²) in [5.41, 5.74) is 7.40. The van der Waals surface area contributed by atoms with Crippen molar-refractivity contribution in [3.05, 3.63) is 32.9 Å². The van der Waals surface area contributed by atoms with Crippen molar-refractivity contribution in [2.75, 3.05) is 6.54 Å². The molecule has 1 aromatic carbocycles. The number of amides is 1. The number of nitrogens with two attached hydrogens (primary N) is 1. The van der Waals surface area contributed by atoms with Crippen LogP contribution in [0.5, 0.6) is 0 Å². The second-order valence-corrected chi connectivity index (χ2v) is 6.48. The van der Waals surface area contributed by atoms with Gasteiger partial charge in [-0.3, -0.25) is 4.79 Å². The molecule has 0 bridgehead atoms. The molecule has 1 fully saturated rings. The molecule has 114 valence electrons. The molecule has 0 radical (unpaired) electrons. The van der Waals surface area contributed by atoms with Gasteiger partial charge in [-0.25, -0.2) is 0 Å². The number of oxime groups is 1. The first-order valence-corrected chi connectivity index (χ1v) is 8.15. The number of rotatable bonds is 4. The average Bonchev–Trinajstić information content (AvgIpc) is 3.00. The average molecular weight is 401 g/mol. The molecule has 1 aromatic rings. The summed E-state index contributed by atoms with van der Waals surface area (Å²) >= 11 is 2.20. The molecule has 21 heavy (non-hydrogen) atoms. The molecule has 1 aliphatic rings. The van der Waals surface area contributed by atoms with E-state index in [1.807, 2.05) is 25.1 Å². The molecule has 1 aliphatic carbocycles. The third-order valence-corrected chi connectivity index (χ3v) is 5.34. The number of carbonyl (C=O) groups excluding carboxylic acids is 1. The smallest absolute Gasteiger partial charge is 0.255 e. The summed E-state index contributed by atoms with van der Waals surface area (Å²) in [6, 6.07) is 5.89. The fourth-order valence-corrected chi connectivity index (χ4v) is 3.35. The highest BCUT2D eigenvalue weighted by atomic mass is 127. The largest absolute Gasteiger partial charge is 0.409 e. The Labute approximate surface area is 138 Å². The monoisotopic (exact) mass is 401 g/mol. The molecule has 2 rings (SSSR count). The minimum atomic E-state index is -0.0402. The summed E-state index contributed by atoms with van der Waals surface area (Å²) < 4.78 is 0.961. The van der Waals surface area contributed by atoms with Crippen LogP contribution in [-0.4, -0.2) is 34.4 Å². The maximum absolute atomic E-state index is 12.9. The summed E-state index contributed by atoms with van der Waals surface area (Å²) in [6.45, 7) is 2.16. The van der Waals surface area contributed by atoms with Gasteiger partial charge in [0, 0.05) is 9.61 Å². The predicted octanol–water partition coefficient (Wildman–Crippen LogP) is 2.73. The number of halogens is 1. The Morgan fingerprint density at radius 2 is 2.14 bits per heavy atom. The molecule has 1 saturated carbocycles. The van der Waals surface area contributed by atoms with Gasteiger partial charge in [-0.2, -0.15) is 0 Å². The quantitative estimate of drug-likeness (QED) is 0.268. The van der Waals surface area contributed by atoms with Crippen LogP contribution in [0.25, 0.3) is 0 Å². The molecule has 0 unspecified atom stereocenters. The van der Waals surface area contributed by atoms with Crippen LogP contribution in [-0.2, 0) is 0 Å². The highest BCUT2D eigenvalue weighted by molar-refractivity contribution is 14.1. The van der Waals surface area contributed by atoms with Gasteiger partial charge in [-0.05, 0) is 54.0 Å². The van der Waals surface area contributed by atoms with Crippen molar-refractivity contribution in [3.63, 3.8) is 0 Å². The van der Waals surface area contributed by atoms with E-state index in [1.165, 1.54) is 0 Å². The lowest BCUT2D eigenvalue weighted by Crippen LogP contribution is -2.44. The number of aryl methyl sites for hydroxylation is 1. The summed E-state index contributed by atoms with van der Waals surface area (Å²) in [5.74, 6) is 0.0273. The molecule has 1 amide bonds. The van der Waals surface area contributed by atoms with E-state index in [4.69, 9.17) is 10.9 Å². The van der Waals surface area contributed by atoms with Gasteiger partial charge in [0.05, 0.1) is 12.1 Å². The van der Waals surface area contributed by atoms with E-state index in [9.17, 15) is 4.79 Å². The summed E-state index contributed by atoms with van der Waals surface area (Å²) in [4.78, 5) is 14.6. The van der Waals surface area contributed by atoms with Crippen molar-refractivity contribution in [2.45, 2.75) is 38.6 Å². The van der Waals surface area contributed by atoms with Gasteiger partial charge in [0.25, 0.3) is 5.91 Å². The molecule has 5 nitrogen and oxygen atoms in total. The van der Waals surface area contributed by atoms with E-state index in [2.05, 4.69) is 27.7 Å². The van der Waals surface area contributed by atoms with E-state index in [1.54, 1.807) is 4.90 Å². The molecule has 0 saturated heterocycles. The van der Waals surface area contributed by atoms with Gasteiger partial charge in [0.15, 0.2) is 5.84 Å². The number of hydrogen-bond donors (Lipinski definition) is 2. The van der Waals surface area contributed by atoms with E-state index in [0.717, 1.165) is 34.8 Å². The summed E-state index contributed by atoms with van der Waals surface area (Å²) in [6.07, 6.45) is 4.20. The maximum atomic E-state index is 12.9. The molecule has 0 aliphatic heterocycles. The van der Waals surface area contributed by atoms with Gasteiger partial charge in [-0.15, -0.1) is 0 Å². The minimum Gasteiger partial charge on any atom is -0.409 e. The standard InChI is InChI=1S/C15H20IN3O2/c1-10-5-4-8-12(14(10)16)15(20)19(9-13(17)18-21)11-6-2-3-7-11/h4-5,8,11,21H,2-3,6-7,9H2,1H3,(H2,17,18). The van der Waals surface area contributed by atoms with Gasteiger partial charge in [0.1, 0.15) is 0 Å². The highest BCUT2D eigenvalue weighted by Gasteiger charge is 2.29. The van der Waals surface area contributed by atoms with Crippen molar-refractivity contribution < 1.29 is 10.0 Å². The maximum Gasteiger partial charge on any atom is 0.255 e. The lowest BCUT2D eigenvalue weighted by Gasteiger charge is -2.29. The number of amidine groups is 1. The fourth-order valence-electron chi connectivity index (χ4n) is 2.76. The first-order chi connectivity index (χ1) is 10.0. The number of benzene rings is 1. The van der Waals surface area contributed by atoms with Gasteiger partial charge in [-0.1, -0.05) is 30.1 Å². The van der Waals surface area contributed by atoms with Crippen LogP contribution in [0.2, 0.25) is 0 Å². The third-order valence-electron chi connectivity index (χ3n) is 3.91. The third kappa shape index (κ3) is 3.66. The Balaban J connectivity index is 2.30. The normalized spacial score (nSPS) is 16.2. The van der Waals surface area contributed by atoms with Crippen molar-refractivity contribution in [2.24, 2.45) is 10.9 Å². The molecule has 0 heterocycles. The zero-order valence-corrected chi connectivity index (χ0v) is 14.2. The molecule has 0 spiro atoms. The van der Waals surface area contributed by atoms with E-state index in [-0.39, 0.29) is 24.3 Å². The van der Waals surface area contributed by atoms with Crippen LogP contribution in [0.3, 0.4) is 0 Å². The van der Waals surface area contributed by atoms with Gasteiger partial charge >= 0.3 is 0 Å². The number of carbonyl (C=O) groups is 1. The van der Waals surface area contributed by atoms with Crippen molar-refractivity contribution >= 4 is 34.3 Å². The van der Waals surface area contributed by atoms with Crippen molar-refractivity contribution in [3.8, 4) is 0 Å². The Kier molecular flexibility index (Phi) is 5.44. The Morgan fingerprint density at radius 1 is 1.48 bits per heavy atom. The molecule has 0 atom stereocenters. The number of hydrogen-bond acceptors (Lipinski definition) is 3. The molecule has 0 aromatic heterocycles. The molecule has 6 heteroatoms. The van der Waals surface area contributed by atoms with Crippen LogP contribution >= 0.6 is 22.6 Å². The van der Waals surface area contributed by atoms with Crippen molar-refractivity contribution in [1.82, 2.24) is 4.90 Å². The number of nitrogens with zero attached hydrogens (tertiary/aromatic N) is 2. The van der Waals surface area contributed by atoms with Crippen molar-refractivity contribution in [1.29, 1.82) is 0 Å². The summed E-state index contributed by atoms with van der Waals surface area (Å²) in [5, 5.41) is 11.8. The topological polar surface area (TPSA) is 78.9 Å².